The highest BCUT2D eigenvalue weighted by Crippen LogP contribution is 2.27. The summed E-state index contributed by atoms with van der Waals surface area (Å²) in [5.41, 5.74) is 2.34. The van der Waals surface area contributed by atoms with E-state index in [2.05, 4.69) is 25.2 Å². The largest absolute Gasteiger partial charge is 0.496 e. The highest BCUT2D eigenvalue weighted by atomic mass is 32.2. The van der Waals surface area contributed by atoms with Crippen LogP contribution in [0.2, 0.25) is 0 Å². The number of methoxy groups -OCH3 is 1. The van der Waals surface area contributed by atoms with Crippen LogP contribution in [-0.2, 0) is 16.3 Å². The summed E-state index contributed by atoms with van der Waals surface area (Å²) in [6.45, 7) is 4.96. The molecule has 21 heavy (non-hydrogen) atoms. The highest BCUT2D eigenvalue weighted by molar-refractivity contribution is 7.91. The van der Waals surface area contributed by atoms with Gasteiger partial charge in [0, 0.05) is 6.04 Å². The number of rotatable bonds is 6. The summed E-state index contributed by atoms with van der Waals surface area (Å²) >= 11 is 0. The van der Waals surface area contributed by atoms with Gasteiger partial charge in [-0.3, -0.25) is 0 Å². The van der Waals surface area contributed by atoms with E-state index in [4.69, 9.17) is 4.74 Å². The summed E-state index contributed by atoms with van der Waals surface area (Å²) < 4.78 is 28.9. The van der Waals surface area contributed by atoms with Crippen molar-refractivity contribution in [2.45, 2.75) is 32.7 Å². The Morgan fingerprint density at radius 2 is 2.19 bits per heavy atom. The summed E-state index contributed by atoms with van der Waals surface area (Å²) in [6, 6.07) is 6.33. The van der Waals surface area contributed by atoms with Gasteiger partial charge < -0.3 is 10.1 Å². The third-order valence-corrected chi connectivity index (χ3v) is 5.97. The van der Waals surface area contributed by atoms with E-state index in [9.17, 15) is 8.42 Å². The van der Waals surface area contributed by atoms with E-state index >= 15 is 0 Å². The van der Waals surface area contributed by atoms with Crippen molar-refractivity contribution in [1.82, 2.24) is 5.32 Å². The fourth-order valence-electron chi connectivity index (χ4n) is 3.11. The van der Waals surface area contributed by atoms with E-state index < -0.39 is 9.84 Å². The van der Waals surface area contributed by atoms with Gasteiger partial charge in [0.1, 0.15) is 5.75 Å². The smallest absolute Gasteiger partial charge is 0.150 e. The molecule has 0 radical (unpaired) electrons. The van der Waals surface area contributed by atoms with E-state index in [1.165, 1.54) is 5.56 Å². The Balaban J connectivity index is 2.18. The highest BCUT2D eigenvalue weighted by Gasteiger charge is 2.33. The zero-order chi connectivity index (χ0) is 15.5. The Bertz CT molecular complexity index is 583. The van der Waals surface area contributed by atoms with Gasteiger partial charge in [0.15, 0.2) is 9.84 Å². The van der Waals surface area contributed by atoms with Gasteiger partial charge in [-0.1, -0.05) is 24.6 Å². The number of ether oxygens (including phenoxy) is 1. The van der Waals surface area contributed by atoms with Crippen LogP contribution in [0.4, 0.5) is 0 Å². The van der Waals surface area contributed by atoms with Crippen molar-refractivity contribution in [2.24, 2.45) is 5.92 Å². The molecule has 0 spiro atoms. The molecule has 1 heterocycles. The topological polar surface area (TPSA) is 55.4 Å². The third kappa shape index (κ3) is 4.20. The van der Waals surface area contributed by atoms with Crippen molar-refractivity contribution < 1.29 is 13.2 Å². The second-order valence-electron chi connectivity index (χ2n) is 5.85. The maximum absolute atomic E-state index is 11.7. The van der Waals surface area contributed by atoms with Gasteiger partial charge in [0.2, 0.25) is 0 Å². The third-order valence-electron chi connectivity index (χ3n) is 4.18. The number of benzene rings is 1. The normalized spacial score (nSPS) is 22.1. The van der Waals surface area contributed by atoms with Crippen LogP contribution in [0.25, 0.3) is 0 Å². The first kappa shape index (κ1) is 16.3. The molecule has 5 heteroatoms. The molecule has 0 bridgehead atoms. The standard InChI is InChI=1S/C16H25NO3S/c1-4-17-15(13-7-8-21(18,19)11-13)10-14-9-12(2)5-6-16(14)20-3/h5-6,9,13,15,17H,4,7-8,10-11H2,1-3H3. The average Bonchev–Trinajstić information content (AvgIpc) is 2.79. The molecule has 0 saturated carbocycles. The monoisotopic (exact) mass is 311 g/mol. The summed E-state index contributed by atoms with van der Waals surface area (Å²) in [5, 5.41) is 3.46. The Morgan fingerprint density at radius 1 is 1.43 bits per heavy atom. The Labute approximate surface area is 127 Å². The van der Waals surface area contributed by atoms with E-state index in [0.29, 0.717) is 11.5 Å². The van der Waals surface area contributed by atoms with Crippen molar-refractivity contribution in [3.05, 3.63) is 29.3 Å². The molecular formula is C16H25NO3S. The van der Waals surface area contributed by atoms with Gasteiger partial charge >= 0.3 is 0 Å². The van der Waals surface area contributed by atoms with Crippen LogP contribution in [0.15, 0.2) is 18.2 Å². The molecule has 1 aliphatic rings. The lowest BCUT2D eigenvalue weighted by Gasteiger charge is -2.24. The van der Waals surface area contributed by atoms with Crippen LogP contribution in [0.3, 0.4) is 0 Å². The van der Waals surface area contributed by atoms with Crippen LogP contribution in [-0.4, -0.2) is 39.6 Å². The van der Waals surface area contributed by atoms with Crippen molar-refractivity contribution in [1.29, 1.82) is 0 Å². The predicted octanol–water partition coefficient (Wildman–Crippen LogP) is 1.96. The number of likely N-dealkylation sites (N-methyl/N-ethyl adjacent to an activating group) is 1. The zero-order valence-corrected chi connectivity index (χ0v) is 13.9. The van der Waals surface area contributed by atoms with Gasteiger partial charge in [-0.15, -0.1) is 0 Å². The molecule has 1 aromatic rings. The van der Waals surface area contributed by atoms with E-state index in [1.54, 1.807) is 7.11 Å². The lowest BCUT2D eigenvalue weighted by molar-refractivity contribution is 0.371. The molecule has 1 fully saturated rings. The lowest BCUT2D eigenvalue weighted by Crippen LogP contribution is -2.38. The molecule has 118 valence electrons. The SMILES string of the molecule is CCNC(Cc1cc(C)ccc1OC)C1CCS(=O)(=O)C1. The molecule has 1 aromatic carbocycles. The summed E-state index contributed by atoms with van der Waals surface area (Å²) in [6.07, 6.45) is 1.56. The molecule has 2 atom stereocenters. The first-order valence-electron chi connectivity index (χ1n) is 7.52. The summed E-state index contributed by atoms with van der Waals surface area (Å²) in [7, 11) is -1.17. The molecule has 2 rings (SSSR count). The van der Waals surface area contributed by atoms with Crippen LogP contribution >= 0.6 is 0 Å². The van der Waals surface area contributed by atoms with Crippen LogP contribution in [0.1, 0.15) is 24.5 Å². The fraction of sp³-hybridized carbons (Fsp3) is 0.625. The number of aryl methyl sites for hydroxylation is 1. The molecule has 1 aliphatic heterocycles. The Morgan fingerprint density at radius 3 is 2.76 bits per heavy atom. The van der Waals surface area contributed by atoms with Crippen LogP contribution in [0, 0.1) is 12.8 Å². The molecule has 0 aromatic heterocycles. The van der Waals surface area contributed by atoms with E-state index in [-0.39, 0.29) is 12.0 Å². The zero-order valence-electron chi connectivity index (χ0n) is 13.1. The fourth-order valence-corrected chi connectivity index (χ4v) is 4.99. The van der Waals surface area contributed by atoms with Gasteiger partial charge in [0.05, 0.1) is 18.6 Å². The molecule has 0 amide bonds. The Hall–Kier alpha value is -1.07. The first-order valence-corrected chi connectivity index (χ1v) is 9.34. The van der Waals surface area contributed by atoms with Crippen molar-refractivity contribution in [2.75, 3.05) is 25.2 Å². The second kappa shape index (κ2) is 6.79. The number of sulfone groups is 1. The van der Waals surface area contributed by atoms with Gasteiger partial charge in [-0.05, 0) is 43.9 Å². The molecule has 1 saturated heterocycles. The summed E-state index contributed by atoms with van der Waals surface area (Å²) in [5.74, 6) is 1.70. The number of hydrogen-bond acceptors (Lipinski definition) is 4. The average molecular weight is 311 g/mol. The van der Waals surface area contributed by atoms with Crippen LogP contribution in [0.5, 0.6) is 5.75 Å². The molecular weight excluding hydrogens is 286 g/mol. The minimum absolute atomic E-state index is 0.183. The lowest BCUT2D eigenvalue weighted by atomic mass is 9.92. The quantitative estimate of drug-likeness (QED) is 0.872. The molecule has 4 nitrogen and oxygen atoms in total. The molecule has 0 aliphatic carbocycles. The maximum atomic E-state index is 11.7. The number of nitrogens with one attached hydrogen (secondary N) is 1. The van der Waals surface area contributed by atoms with Crippen molar-refractivity contribution >= 4 is 9.84 Å². The van der Waals surface area contributed by atoms with Crippen molar-refractivity contribution in [3.8, 4) is 5.75 Å². The Kier molecular flexibility index (Phi) is 5.27. The number of hydrogen-bond donors (Lipinski definition) is 1. The van der Waals surface area contributed by atoms with E-state index in [1.807, 2.05) is 12.1 Å². The first-order chi connectivity index (χ1) is 9.95. The summed E-state index contributed by atoms with van der Waals surface area (Å²) in [4.78, 5) is 0. The predicted molar refractivity (Wildman–Crippen MR) is 85.7 cm³/mol. The van der Waals surface area contributed by atoms with Gasteiger partial charge in [-0.2, -0.15) is 0 Å². The minimum Gasteiger partial charge on any atom is -0.496 e. The van der Waals surface area contributed by atoms with Crippen LogP contribution < -0.4 is 10.1 Å². The van der Waals surface area contributed by atoms with Gasteiger partial charge in [0.25, 0.3) is 0 Å². The maximum Gasteiger partial charge on any atom is 0.150 e. The second-order valence-corrected chi connectivity index (χ2v) is 8.08. The van der Waals surface area contributed by atoms with Crippen molar-refractivity contribution in [3.63, 3.8) is 0 Å². The van der Waals surface area contributed by atoms with Gasteiger partial charge in [-0.25, -0.2) is 8.42 Å². The minimum atomic E-state index is -2.85. The molecule has 1 N–H and O–H groups in total. The molecule has 2 unspecified atom stereocenters. The van der Waals surface area contributed by atoms with E-state index in [0.717, 1.165) is 30.7 Å².